The number of hydrogen-bond acceptors (Lipinski definition) is 3. The van der Waals surface area contributed by atoms with E-state index in [0.717, 1.165) is 0 Å². The van der Waals surface area contributed by atoms with E-state index >= 15 is 0 Å². The van der Waals surface area contributed by atoms with Crippen molar-refractivity contribution in [2.24, 2.45) is 0 Å². The molecule has 0 saturated carbocycles. The van der Waals surface area contributed by atoms with Crippen molar-refractivity contribution in [3.63, 3.8) is 0 Å². The minimum Gasteiger partial charge on any atom is -0.311 e. The lowest BCUT2D eigenvalue weighted by atomic mass is 10.1. The van der Waals surface area contributed by atoms with Crippen LogP contribution in [-0.4, -0.2) is 37.9 Å². The van der Waals surface area contributed by atoms with E-state index in [-0.39, 0.29) is 17.0 Å². The number of sulfone groups is 1. The molecule has 0 radical (unpaired) electrons. The fourth-order valence-corrected chi connectivity index (χ4v) is 1.88. The second kappa shape index (κ2) is 5.93. The van der Waals surface area contributed by atoms with E-state index in [1.165, 1.54) is 0 Å². The summed E-state index contributed by atoms with van der Waals surface area (Å²) in [4.78, 5) is 0. The summed E-state index contributed by atoms with van der Waals surface area (Å²) in [7, 11) is -2.82. The molecule has 0 unspecified atom stereocenters. The molecule has 14 heavy (non-hydrogen) atoms. The first kappa shape index (κ1) is 14.2. The van der Waals surface area contributed by atoms with E-state index in [9.17, 15) is 8.42 Å². The van der Waals surface area contributed by atoms with E-state index in [1.54, 1.807) is 6.92 Å². The molecule has 0 heterocycles. The summed E-state index contributed by atoms with van der Waals surface area (Å²) < 4.78 is 22.3. The maximum Gasteiger partial charge on any atom is 0.150 e. The average Bonchev–Trinajstić information content (AvgIpc) is 2.13. The van der Waals surface area contributed by atoms with Crippen LogP contribution in [0.15, 0.2) is 0 Å². The molecule has 1 N–H and O–H groups in total. The molecule has 3 nitrogen and oxygen atoms in total. The first-order valence-electron chi connectivity index (χ1n) is 4.84. The van der Waals surface area contributed by atoms with Crippen molar-refractivity contribution in [2.45, 2.75) is 32.7 Å². The van der Waals surface area contributed by atoms with Crippen molar-refractivity contribution in [3.8, 4) is 0 Å². The van der Waals surface area contributed by atoms with Gasteiger partial charge in [0.2, 0.25) is 0 Å². The Morgan fingerprint density at radius 2 is 1.93 bits per heavy atom. The molecule has 0 aliphatic heterocycles. The first-order valence-corrected chi connectivity index (χ1v) is 7.20. The van der Waals surface area contributed by atoms with Gasteiger partial charge in [-0.15, -0.1) is 11.6 Å². The molecule has 0 rings (SSSR count). The van der Waals surface area contributed by atoms with Gasteiger partial charge in [0.05, 0.1) is 5.75 Å². The third kappa shape index (κ3) is 6.62. The monoisotopic (exact) mass is 241 g/mol. The summed E-state index contributed by atoms with van der Waals surface area (Å²) in [6, 6.07) is 0. The number of alkyl halides is 1. The smallest absolute Gasteiger partial charge is 0.150 e. The second-order valence-electron chi connectivity index (χ2n) is 4.03. The Morgan fingerprint density at radius 1 is 1.36 bits per heavy atom. The molecule has 0 aromatic rings. The number of halogens is 1. The first-order chi connectivity index (χ1) is 6.33. The molecule has 0 spiro atoms. The molecule has 0 atom stereocenters. The van der Waals surface area contributed by atoms with E-state index < -0.39 is 9.84 Å². The Bertz CT molecular complexity index is 250. The fourth-order valence-electron chi connectivity index (χ4n) is 0.910. The van der Waals surface area contributed by atoms with Crippen molar-refractivity contribution in [3.05, 3.63) is 0 Å². The molecule has 0 aromatic carbocycles. The summed E-state index contributed by atoms with van der Waals surface area (Å²) in [5.74, 6) is 1.01. The minimum absolute atomic E-state index is 0.114. The van der Waals surface area contributed by atoms with Crippen LogP contribution < -0.4 is 5.32 Å². The van der Waals surface area contributed by atoms with Gasteiger partial charge >= 0.3 is 0 Å². The van der Waals surface area contributed by atoms with Gasteiger partial charge in [-0.25, -0.2) is 8.42 Å². The highest BCUT2D eigenvalue weighted by Gasteiger charge is 2.15. The van der Waals surface area contributed by atoms with Crippen LogP contribution in [0.3, 0.4) is 0 Å². The van der Waals surface area contributed by atoms with Crippen LogP contribution in [0, 0.1) is 0 Å². The standard InChI is InChI=1S/C9H20ClNO2S/c1-4-14(12,13)7-5-6-11-9(2,3)8-10/h11H,4-8H2,1-3H3. The van der Waals surface area contributed by atoms with Crippen molar-refractivity contribution in [2.75, 3.05) is 23.9 Å². The van der Waals surface area contributed by atoms with Crippen LogP contribution in [0.1, 0.15) is 27.2 Å². The third-order valence-electron chi connectivity index (χ3n) is 2.01. The number of hydrogen-bond donors (Lipinski definition) is 1. The van der Waals surface area contributed by atoms with Gasteiger partial charge in [0.15, 0.2) is 0 Å². The summed E-state index contributed by atoms with van der Waals surface area (Å²) in [6.45, 7) is 6.35. The van der Waals surface area contributed by atoms with Crippen molar-refractivity contribution >= 4 is 21.4 Å². The van der Waals surface area contributed by atoms with E-state index in [2.05, 4.69) is 5.32 Å². The van der Waals surface area contributed by atoms with Gasteiger partial charge in [-0.2, -0.15) is 0 Å². The van der Waals surface area contributed by atoms with Gasteiger partial charge in [-0.3, -0.25) is 0 Å². The lowest BCUT2D eigenvalue weighted by molar-refractivity contribution is 0.431. The summed E-state index contributed by atoms with van der Waals surface area (Å²) in [5.41, 5.74) is -0.114. The SMILES string of the molecule is CCS(=O)(=O)CCCNC(C)(C)CCl. The highest BCUT2D eigenvalue weighted by molar-refractivity contribution is 7.91. The lowest BCUT2D eigenvalue weighted by Crippen LogP contribution is -2.41. The molecule has 0 saturated heterocycles. The predicted octanol–water partition coefficient (Wildman–Crippen LogP) is 1.42. The fraction of sp³-hybridized carbons (Fsp3) is 1.00. The quantitative estimate of drug-likeness (QED) is 0.542. The molecule has 0 aliphatic carbocycles. The Kier molecular flexibility index (Phi) is 6.02. The molecule has 0 fully saturated rings. The van der Waals surface area contributed by atoms with Crippen molar-refractivity contribution in [1.29, 1.82) is 0 Å². The topological polar surface area (TPSA) is 46.2 Å². The Hall–Kier alpha value is 0.200. The van der Waals surface area contributed by atoms with Crippen LogP contribution in [0.5, 0.6) is 0 Å². The Labute approximate surface area is 92.1 Å². The number of rotatable bonds is 7. The molecule has 0 bridgehead atoms. The predicted molar refractivity (Wildman–Crippen MR) is 61.7 cm³/mol. The zero-order chi connectivity index (χ0) is 11.2. The van der Waals surface area contributed by atoms with E-state index in [1.807, 2.05) is 13.8 Å². The van der Waals surface area contributed by atoms with Crippen LogP contribution >= 0.6 is 11.6 Å². The lowest BCUT2D eigenvalue weighted by Gasteiger charge is -2.23. The van der Waals surface area contributed by atoms with Crippen molar-refractivity contribution < 1.29 is 8.42 Å². The van der Waals surface area contributed by atoms with Gasteiger partial charge in [-0.05, 0) is 26.8 Å². The third-order valence-corrected chi connectivity index (χ3v) is 4.47. The van der Waals surface area contributed by atoms with Crippen LogP contribution in [0.2, 0.25) is 0 Å². The average molecular weight is 242 g/mol. The van der Waals surface area contributed by atoms with Gasteiger partial charge in [-0.1, -0.05) is 6.92 Å². The molecule has 86 valence electrons. The minimum atomic E-state index is -2.82. The molecular weight excluding hydrogens is 222 g/mol. The highest BCUT2D eigenvalue weighted by atomic mass is 35.5. The molecule has 0 amide bonds. The van der Waals surface area contributed by atoms with Gasteiger partial charge < -0.3 is 5.32 Å². The second-order valence-corrected chi connectivity index (χ2v) is 6.77. The van der Waals surface area contributed by atoms with Crippen LogP contribution in [0.4, 0.5) is 0 Å². The van der Waals surface area contributed by atoms with E-state index in [4.69, 9.17) is 11.6 Å². The van der Waals surface area contributed by atoms with Crippen LogP contribution in [0.25, 0.3) is 0 Å². The maximum atomic E-state index is 11.1. The summed E-state index contributed by atoms with van der Waals surface area (Å²) in [5, 5.41) is 3.21. The molecule has 0 aromatic heterocycles. The number of nitrogens with one attached hydrogen (secondary N) is 1. The Balaban J connectivity index is 3.68. The maximum absolute atomic E-state index is 11.1. The largest absolute Gasteiger partial charge is 0.311 e. The van der Waals surface area contributed by atoms with E-state index in [0.29, 0.717) is 18.8 Å². The summed E-state index contributed by atoms with van der Waals surface area (Å²) in [6.07, 6.45) is 0.649. The highest BCUT2D eigenvalue weighted by Crippen LogP contribution is 2.04. The van der Waals surface area contributed by atoms with Gasteiger partial charge in [0.25, 0.3) is 0 Å². The molecule has 5 heteroatoms. The zero-order valence-electron chi connectivity index (χ0n) is 9.14. The van der Waals surface area contributed by atoms with Crippen molar-refractivity contribution in [1.82, 2.24) is 5.32 Å². The summed E-state index contributed by atoms with van der Waals surface area (Å²) >= 11 is 5.71. The molecule has 0 aliphatic rings. The Morgan fingerprint density at radius 3 is 2.36 bits per heavy atom. The molecular formula is C9H20ClNO2S. The van der Waals surface area contributed by atoms with Crippen LogP contribution in [-0.2, 0) is 9.84 Å². The van der Waals surface area contributed by atoms with Gasteiger partial charge in [0, 0.05) is 17.2 Å². The van der Waals surface area contributed by atoms with Gasteiger partial charge in [0.1, 0.15) is 9.84 Å². The normalized spacial score (nSPS) is 13.1. The zero-order valence-corrected chi connectivity index (χ0v) is 10.7.